The van der Waals surface area contributed by atoms with Gasteiger partial charge in [0.15, 0.2) is 0 Å². The molecule has 1 aliphatic heterocycles. The Hall–Kier alpha value is -3.16. The Morgan fingerprint density at radius 2 is 2.27 bits per heavy atom. The summed E-state index contributed by atoms with van der Waals surface area (Å²) in [6, 6.07) is 3.95. The molecular formula is C18H21N5O3. The maximum Gasteiger partial charge on any atom is 0.331 e. The van der Waals surface area contributed by atoms with Crippen molar-refractivity contribution in [3.63, 3.8) is 0 Å². The summed E-state index contributed by atoms with van der Waals surface area (Å²) in [4.78, 5) is 30.2. The minimum absolute atomic E-state index is 0.0537. The average molecular weight is 355 g/mol. The number of piperidine rings is 1. The second-order valence-corrected chi connectivity index (χ2v) is 6.10. The van der Waals surface area contributed by atoms with Gasteiger partial charge in [-0.3, -0.25) is 24.3 Å². The summed E-state index contributed by atoms with van der Waals surface area (Å²) in [5.41, 5.74) is -0.358. The minimum atomic E-state index is -0.684. The number of rotatable bonds is 5. The Morgan fingerprint density at radius 1 is 1.42 bits per heavy atom. The van der Waals surface area contributed by atoms with Gasteiger partial charge in [-0.2, -0.15) is 5.10 Å². The molecule has 3 rings (SSSR count). The lowest BCUT2D eigenvalue weighted by molar-refractivity contribution is 0.156. The molecule has 1 saturated heterocycles. The van der Waals surface area contributed by atoms with Crippen LogP contribution in [0.3, 0.4) is 0 Å². The van der Waals surface area contributed by atoms with Crippen LogP contribution in [-0.2, 0) is 6.54 Å². The number of hydrogen-bond donors (Lipinski definition) is 2. The van der Waals surface area contributed by atoms with Crippen molar-refractivity contribution in [2.45, 2.75) is 31.8 Å². The third-order valence-electron chi connectivity index (χ3n) is 4.40. The van der Waals surface area contributed by atoms with Crippen LogP contribution >= 0.6 is 0 Å². The van der Waals surface area contributed by atoms with E-state index in [4.69, 9.17) is 0 Å². The first-order valence-electron chi connectivity index (χ1n) is 8.49. The zero-order valence-electron chi connectivity index (χ0n) is 14.3. The zero-order chi connectivity index (χ0) is 18.5. The molecule has 8 nitrogen and oxygen atoms in total. The topological polar surface area (TPSA) is 104 Å². The molecule has 0 saturated carbocycles. The second kappa shape index (κ2) is 7.81. The summed E-state index contributed by atoms with van der Waals surface area (Å²) in [5.74, 6) is -0.419. The number of nitrogens with one attached hydrogen (secondary N) is 1. The van der Waals surface area contributed by atoms with Gasteiger partial charge in [-0.1, -0.05) is 12.1 Å². The Morgan fingerprint density at radius 3 is 3.00 bits per heavy atom. The van der Waals surface area contributed by atoms with Crippen LogP contribution in [0.1, 0.15) is 36.4 Å². The second-order valence-electron chi connectivity index (χ2n) is 6.10. The van der Waals surface area contributed by atoms with Crippen LogP contribution in [0.2, 0.25) is 0 Å². The van der Waals surface area contributed by atoms with Crippen LogP contribution in [0.15, 0.2) is 51.9 Å². The van der Waals surface area contributed by atoms with Gasteiger partial charge in [0.05, 0.1) is 12.3 Å². The molecular weight excluding hydrogens is 334 g/mol. The Bertz CT molecular complexity index is 917. The SMILES string of the molecule is C=CCn1c(O)c(C=NN2CCCC[C@H]2c2cccnc2)c(=O)[nH]c1=O. The zero-order valence-corrected chi connectivity index (χ0v) is 14.3. The van der Waals surface area contributed by atoms with E-state index in [-0.39, 0.29) is 18.2 Å². The van der Waals surface area contributed by atoms with Gasteiger partial charge < -0.3 is 5.11 Å². The van der Waals surface area contributed by atoms with Crippen molar-refractivity contribution in [3.8, 4) is 5.88 Å². The molecule has 1 fully saturated rings. The number of aromatic nitrogens is 3. The third kappa shape index (κ3) is 3.58. The molecule has 136 valence electrons. The predicted octanol–water partition coefficient (Wildman–Crippen LogP) is 1.38. The fourth-order valence-electron chi connectivity index (χ4n) is 3.09. The van der Waals surface area contributed by atoms with Crippen molar-refractivity contribution in [3.05, 3.63) is 69.1 Å². The maximum absolute atomic E-state index is 12.1. The lowest BCUT2D eigenvalue weighted by atomic mass is 9.98. The fourth-order valence-corrected chi connectivity index (χ4v) is 3.09. The number of hydrazone groups is 1. The number of pyridine rings is 1. The molecule has 26 heavy (non-hydrogen) atoms. The molecule has 0 aromatic carbocycles. The summed E-state index contributed by atoms with van der Waals surface area (Å²) in [7, 11) is 0. The van der Waals surface area contributed by atoms with Gasteiger partial charge in [-0.25, -0.2) is 4.79 Å². The van der Waals surface area contributed by atoms with E-state index in [0.717, 1.165) is 35.9 Å². The van der Waals surface area contributed by atoms with Gasteiger partial charge in [0.25, 0.3) is 5.56 Å². The Labute approximate surface area is 150 Å². The van der Waals surface area contributed by atoms with Crippen molar-refractivity contribution in [1.29, 1.82) is 0 Å². The Balaban J connectivity index is 1.93. The molecule has 8 heteroatoms. The molecule has 0 aliphatic carbocycles. The van der Waals surface area contributed by atoms with E-state index in [1.807, 2.05) is 23.3 Å². The summed E-state index contributed by atoms with van der Waals surface area (Å²) in [6.07, 6.45) is 9.31. The first-order valence-corrected chi connectivity index (χ1v) is 8.49. The minimum Gasteiger partial charge on any atom is -0.494 e. The van der Waals surface area contributed by atoms with Crippen LogP contribution in [0, 0.1) is 0 Å². The van der Waals surface area contributed by atoms with Crippen LogP contribution in [0.25, 0.3) is 0 Å². The number of aromatic hydroxyl groups is 1. The largest absolute Gasteiger partial charge is 0.494 e. The monoisotopic (exact) mass is 355 g/mol. The molecule has 0 unspecified atom stereocenters. The smallest absolute Gasteiger partial charge is 0.331 e. The van der Waals surface area contributed by atoms with Crippen LogP contribution < -0.4 is 11.2 Å². The van der Waals surface area contributed by atoms with E-state index in [1.165, 1.54) is 12.3 Å². The van der Waals surface area contributed by atoms with Gasteiger partial charge >= 0.3 is 5.69 Å². The molecule has 2 aromatic heterocycles. The molecule has 1 aliphatic rings. The molecule has 0 amide bonds. The third-order valence-corrected chi connectivity index (χ3v) is 4.40. The summed E-state index contributed by atoms with van der Waals surface area (Å²) < 4.78 is 1.03. The number of H-pyrrole nitrogens is 1. The summed E-state index contributed by atoms with van der Waals surface area (Å²) >= 11 is 0. The molecule has 2 aromatic rings. The van der Waals surface area contributed by atoms with Crippen molar-refractivity contribution >= 4 is 6.21 Å². The summed E-state index contributed by atoms with van der Waals surface area (Å²) in [6.45, 7) is 4.37. The first-order chi connectivity index (χ1) is 12.6. The molecule has 0 spiro atoms. The Kier molecular flexibility index (Phi) is 5.31. The molecule has 0 radical (unpaired) electrons. The molecule has 0 bridgehead atoms. The highest BCUT2D eigenvalue weighted by atomic mass is 16.3. The van der Waals surface area contributed by atoms with E-state index in [9.17, 15) is 14.7 Å². The number of aromatic amines is 1. The molecule has 3 heterocycles. The normalized spacial score (nSPS) is 17.5. The van der Waals surface area contributed by atoms with E-state index < -0.39 is 17.1 Å². The van der Waals surface area contributed by atoms with Gasteiger partial charge in [-0.05, 0) is 30.9 Å². The van der Waals surface area contributed by atoms with Crippen LogP contribution in [0.4, 0.5) is 0 Å². The number of hydrogen-bond acceptors (Lipinski definition) is 6. The highest BCUT2D eigenvalue weighted by molar-refractivity contribution is 5.81. The lowest BCUT2D eigenvalue weighted by Crippen LogP contribution is -2.33. The predicted molar refractivity (Wildman–Crippen MR) is 98.3 cm³/mol. The van der Waals surface area contributed by atoms with E-state index in [2.05, 4.69) is 21.6 Å². The summed E-state index contributed by atoms with van der Waals surface area (Å²) in [5, 5.41) is 16.6. The van der Waals surface area contributed by atoms with E-state index in [1.54, 1.807) is 6.20 Å². The van der Waals surface area contributed by atoms with Gasteiger partial charge in [-0.15, -0.1) is 6.58 Å². The maximum atomic E-state index is 12.1. The number of nitrogens with zero attached hydrogens (tertiary/aromatic N) is 4. The number of allylic oxidation sites excluding steroid dienone is 1. The van der Waals surface area contributed by atoms with E-state index >= 15 is 0 Å². The standard InChI is InChI=1S/C18H21N5O3/c1-2-9-22-17(25)14(16(24)21-18(22)26)12-20-23-10-4-3-7-15(23)13-6-5-8-19-11-13/h2,5-6,8,11-12,15,25H,1,3-4,7,9-10H2,(H,21,24,26)/t15-/m0/s1. The van der Waals surface area contributed by atoms with Crippen LogP contribution in [-0.4, -0.2) is 37.4 Å². The molecule has 2 N–H and O–H groups in total. The van der Waals surface area contributed by atoms with Crippen molar-refractivity contribution in [1.82, 2.24) is 19.5 Å². The average Bonchev–Trinajstić information content (AvgIpc) is 2.66. The highest BCUT2D eigenvalue weighted by Gasteiger charge is 2.23. The van der Waals surface area contributed by atoms with Crippen molar-refractivity contribution in [2.75, 3.05) is 6.54 Å². The quantitative estimate of drug-likeness (QED) is 0.623. The van der Waals surface area contributed by atoms with Crippen molar-refractivity contribution < 1.29 is 5.11 Å². The van der Waals surface area contributed by atoms with Gasteiger partial charge in [0.2, 0.25) is 5.88 Å². The lowest BCUT2D eigenvalue weighted by Gasteiger charge is -2.33. The van der Waals surface area contributed by atoms with E-state index in [0.29, 0.717) is 0 Å². The highest BCUT2D eigenvalue weighted by Crippen LogP contribution is 2.30. The molecule has 1 atom stereocenters. The van der Waals surface area contributed by atoms with Crippen molar-refractivity contribution in [2.24, 2.45) is 5.10 Å². The van der Waals surface area contributed by atoms with Gasteiger partial charge in [0.1, 0.15) is 5.56 Å². The first kappa shape index (κ1) is 17.7. The fraction of sp³-hybridized carbons (Fsp3) is 0.333. The van der Waals surface area contributed by atoms with Gasteiger partial charge in [0, 0.05) is 25.5 Å². The van der Waals surface area contributed by atoms with Crippen LogP contribution in [0.5, 0.6) is 5.88 Å².